The van der Waals surface area contributed by atoms with Crippen LogP contribution in [0.3, 0.4) is 0 Å². The van der Waals surface area contributed by atoms with Crippen LogP contribution in [0.1, 0.15) is 49.4 Å². The molecule has 18 heavy (non-hydrogen) atoms. The Labute approximate surface area is 117 Å². The molecule has 1 aliphatic rings. The molecule has 0 N–H and O–H groups in total. The lowest BCUT2D eigenvalue weighted by Crippen LogP contribution is -2.25. The molecule has 2 rings (SSSR count). The molecule has 1 aromatic carbocycles. The Morgan fingerprint density at radius 2 is 1.94 bits per heavy atom. The fourth-order valence-corrected chi connectivity index (χ4v) is 3.60. The van der Waals surface area contributed by atoms with Crippen molar-refractivity contribution in [3.63, 3.8) is 0 Å². The molecule has 0 amide bonds. The second-order valence-electron chi connectivity index (χ2n) is 5.47. The van der Waals surface area contributed by atoms with E-state index in [-0.39, 0.29) is 16.1 Å². The standard InChI is InChI=1S/C15H20BrFO/c1-15(8-4-3-5-9-15)14(16)11-6-7-13(18-2)12(17)10-11/h6-7,10,14H,3-5,8-9H2,1-2H3. The lowest BCUT2D eigenvalue weighted by molar-refractivity contribution is 0.212. The van der Waals surface area contributed by atoms with E-state index in [4.69, 9.17) is 4.74 Å². The van der Waals surface area contributed by atoms with Gasteiger partial charge in [-0.05, 0) is 36.0 Å². The van der Waals surface area contributed by atoms with Gasteiger partial charge in [0.05, 0.1) is 7.11 Å². The fourth-order valence-electron chi connectivity index (χ4n) is 2.86. The molecule has 0 bridgehead atoms. The van der Waals surface area contributed by atoms with E-state index in [0.29, 0.717) is 5.75 Å². The lowest BCUT2D eigenvalue weighted by atomic mass is 9.72. The summed E-state index contributed by atoms with van der Waals surface area (Å²) < 4.78 is 18.7. The molecule has 1 fully saturated rings. The van der Waals surface area contributed by atoms with Gasteiger partial charge < -0.3 is 4.74 Å². The van der Waals surface area contributed by atoms with Crippen molar-refractivity contribution < 1.29 is 9.13 Å². The summed E-state index contributed by atoms with van der Waals surface area (Å²) in [7, 11) is 1.49. The highest BCUT2D eigenvalue weighted by Crippen LogP contribution is 2.50. The van der Waals surface area contributed by atoms with Crippen LogP contribution in [-0.4, -0.2) is 7.11 Å². The predicted octanol–water partition coefficient (Wildman–Crippen LogP) is 5.24. The van der Waals surface area contributed by atoms with Crippen LogP contribution in [0.2, 0.25) is 0 Å². The van der Waals surface area contributed by atoms with E-state index in [1.165, 1.54) is 39.2 Å². The van der Waals surface area contributed by atoms with Crippen LogP contribution < -0.4 is 4.74 Å². The van der Waals surface area contributed by atoms with Crippen molar-refractivity contribution in [2.75, 3.05) is 7.11 Å². The van der Waals surface area contributed by atoms with Crippen molar-refractivity contribution in [3.05, 3.63) is 29.6 Å². The summed E-state index contributed by atoms with van der Waals surface area (Å²) in [5, 5.41) is 0. The van der Waals surface area contributed by atoms with Crippen LogP contribution in [0.5, 0.6) is 5.75 Å². The van der Waals surface area contributed by atoms with Crippen LogP contribution in [0.4, 0.5) is 4.39 Å². The second kappa shape index (κ2) is 5.60. The molecule has 1 aromatic rings. The van der Waals surface area contributed by atoms with E-state index < -0.39 is 0 Å². The second-order valence-corrected chi connectivity index (χ2v) is 6.39. The first kappa shape index (κ1) is 13.9. The molecule has 0 spiro atoms. The van der Waals surface area contributed by atoms with Crippen LogP contribution in [0, 0.1) is 11.2 Å². The van der Waals surface area contributed by atoms with Crippen molar-refractivity contribution in [2.45, 2.75) is 43.9 Å². The first-order valence-electron chi connectivity index (χ1n) is 6.54. The molecule has 0 radical (unpaired) electrons. The molecular weight excluding hydrogens is 295 g/mol. The number of hydrogen-bond acceptors (Lipinski definition) is 1. The largest absolute Gasteiger partial charge is 0.494 e. The maximum atomic E-state index is 13.8. The third-order valence-electron chi connectivity index (χ3n) is 4.08. The summed E-state index contributed by atoms with van der Waals surface area (Å²) in [6.45, 7) is 2.30. The number of ether oxygens (including phenoxy) is 1. The van der Waals surface area contributed by atoms with Crippen LogP contribution in [0.15, 0.2) is 18.2 Å². The number of hydrogen-bond donors (Lipinski definition) is 0. The first-order valence-corrected chi connectivity index (χ1v) is 7.46. The zero-order valence-corrected chi connectivity index (χ0v) is 12.6. The minimum atomic E-state index is -0.279. The highest BCUT2D eigenvalue weighted by atomic mass is 79.9. The van der Waals surface area contributed by atoms with Gasteiger partial charge in [-0.1, -0.05) is 48.2 Å². The minimum absolute atomic E-state index is 0.214. The van der Waals surface area contributed by atoms with Gasteiger partial charge in [0.15, 0.2) is 11.6 Å². The minimum Gasteiger partial charge on any atom is -0.494 e. The highest BCUT2D eigenvalue weighted by Gasteiger charge is 2.35. The highest BCUT2D eigenvalue weighted by molar-refractivity contribution is 9.09. The lowest BCUT2D eigenvalue weighted by Gasteiger charge is -2.38. The molecule has 100 valence electrons. The Balaban J connectivity index is 2.22. The molecule has 0 aromatic heterocycles. The topological polar surface area (TPSA) is 9.23 Å². The molecule has 3 heteroatoms. The van der Waals surface area contributed by atoms with Crippen molar-refractivity contribution in [1.29, 1.82) is 0 Å². The summed E-state index contributed by atoms with van der Waals surface area (Å²) in [5.74, 6) is 0.0334. The summed E-state index contributed by atoms with van der Waals surface area (Å²) in [6, 6.07) is 5.27. The molecule has 0 aliphatic heterocycles. The summed E-state index contributed by atoms with van der Waals surface area (Å²) >= 11 is 3.78. The Morgan fingerprint density at radius 1 is 1.28 bits per heavy atom. The van der Waals surface area contributed by atoms with Gasteiger partial charge in [-0.3, -0.25) is 0 Å². The van der Waals surface area contributed by atoms with Gasteiger partial charge in [-0.25, -0.2) is 4.39 Å². The average molecular weight is 315 g/mol. The van der Waals surface area contributed by atoms with Crippen molar-refractivity contribution in [1.82, 2.24) is 0 Å². The van der Waals surface area contributed by atoms with E-state index in [0.717, 1.165) is 5.56 Å². The number of methoxy groups -OCH3 is 1. The number of halogens is 2. The molecule has 1 aliphatic carbocycles. The third-order valence-corrected chi connectivity index (χ3v) is 5.71. The molecule has 0 heterocycles. The van der Waals surface area contributed by atoms with Gasteiger partial charge in [-0.15, -0.1) is 0 Å². The van der Waals surface area contributed by atoms with E-state index in [9.17, 15) is 4.39 Å². The maximum absolute atomic E-state index is 13.8. The van der Waals surface area contributed by atoms with E-state index in [1.54, 1.807) is 12.1 Å². The Bertz CT molecular complexity index is 413. The number of alkyl halides is 1. The normalized spacial score (nSPS) is 20.4. The van der Waals surface area contributed by atoms with Gasteiger partial charge in [0.25, 0.3) is 0 Å². The van der Waals surface area contributed by atoms with Crippen molar-refractivity contribution in [2.24, 2.45) is 5.41 Å². The zero-order chi connectivity index (χ0) is 13.2. The molecule has 1 atom stereocenters. The van der Waals surface area contributed by atoms with E-state index in [2.05, 4.69) is 22.9 Å². The van der Waals surface area contributed by atoms with Crippen molar-refractivity contribution >= 4 is 15.9 Å². The van der Waals surface area contributed by atoms with Crippen molar-refractivity contribution in [3.8, 4) is 5.75 Å². The number of rotatable bonds is 3. The summed E-state index contributed by atoms with van der Waals surface area (Å²) in [6.07, 6.45) is 6.29. The Hall–Kier alpha value is -0.570. The van der Waals surface area contributed by atoms with Gasteiger partial charge in [0.1, 0.15) is 0 Å². The monoisotopic (exact) mass is 314 g/mol. The molecule has 0 saturated heterocycles. The van der Waals surface area contributed by atoms with Gasteiger partial charge in [0.2, 0.25) is 0 Å². The van der Waals surface area contributed by atoms with Gasteiger partial charge >= 0.3 is 0 Å². The molecule has 1 nitrogen and oxygen atoms in total. The maximum Gasteiger partial charge on any atom is 0.165 e. The molecule has 1 saturated carbocycles. The Kier molecular flexibility index (Phi) is 4.31. The number of benzene rings is 1. The quantitative estimate of drug-likeness (QED) is 0.693. The zero-order valence-electron chi connectivity index (χ0n) is 11.0. The van der Waals surface area contributed by atoms with E-state index >= 15 is 0 Å². The van der Waals surface area contributed by atoms with Crippen LogP contribution in [0.25, 0.3) is 0 Å². The summed E-state index contributed by atoms with van der Waals surface area (Å²) in [4.78, 5) is 0.214. The van der Waals surface area contributed by atoms with Gasteiger partial charge in [-0.2, -0.15) is 0 Å². The van der Waals surface area contributed by atoms with E-state index in [1.807, 2.05) is 6.07 Å². The first-order chi connectivity index (χ1) is 8.57. The fraction of sp³-hybridized carbons (Fsp3) is 0.600. The predicted molar refractivity (Wildman–Crippen MR) is 75.8 cm³/mol. The smallest absolute Gasteiger partial charge is 0.165 e. The van der Waals surface area contributed by atoms with Gasteiger partial charge in [0, 0.05) is 4.83 Å². The van der Waals surface area contributed by atoms with Crippen LogP contribution in [-0.2, 0) is 0 Å². The molecule has 1 unspecified atom stereocenters. The average Bonchev–Trinajstić information content (AvgIpc) is 2.38. The summed E-state index contributed by atoms with van der Waals surface area (Å²) in [5.41, 5.74) is 1.25. The van der Waals surface area contributed by atoms with Crippen LogP contribution >= 0.6 is 15.9 Å². The Morgan fingerprint density at radius 3 is 2.50 bits per heavy atom. The third kappa shape index (κ3) is 2.71. The molecular formula is C15H20BrFO. The SMILES string of the molecule is COc1ccc(C(Br)C2(C)CCCCC2)cc1F.